The smallest absolute Gasteiger partial charge is 0.318 e. The fourth-order valence-corrected chi connectivity index (χ4v) is 2.94. The van der Waals surface area contributed by atoms with Crippen LogP contribution in [0.5, 0.6) is 0 Å². The van der Waals surface area contributed by atoms with E-state index < -0.39 is 0 Å². The molecular weight excluding hydrogens is 266 g/mol. The third-order valence-corrected chi connectivity index (χ3v) is 4.66. The summed E-state index contributed by atoms with van der Waals surface area (Å²) in [5, 5.41) is 11.4. The van der Waals surface area contributed by atoms with Gasteiger partial charge in [0, 0.05) is 25.0 Å². The average molecular weight is 291 g/mol. The minimum Gasteiger partial charge on any atom is -0.331 e. The molecule has 116 valence electrons. The van der Waals surface area contributed by atoms with E-state index in [1.807, 2.05) is 4.90 Å². The van der Waals surface area contributed by atoms with Crippen molar-refractivity contribution in [3.8, 4) is 0 Å². The topological polar surface area (TPSA) is 63.1 Å². The Kier molecular flexibility index (Phi) is 3.87. The number of aromatic nitrogens is 3. The van der Waals surface area contributed by atoms with E-state index in [1.54, 1.807) is 0 Å². The van der Waals surface area contributed by atoms with Crippen molar-refractivity contribution in [2.24, 2.45) is 5.92 Å². The molecule has 1 aromatic heterocycles. The first-order valence-electron chi connectivity index (χ1n) is 8.05. The lowest BCUT2D eigenvalue weighted by Gasteiger charge is -2.32. The lowest BCUT2D eigenvalue weighted by Crippen LogP contribution is -2.48. The molecule has 2 heterocycles. The van der Waals surface area contributed by atoms with Crippen LogP contribution in [0.1, 0.15) is 51.7 Å². The molecule has 0 bridgehead atoms. The predicted octanol–water partition coefficient (Wildman–Crippen LogP) is 1.94. The summed E-state index contributed by atoms with van der Waals surface area (Å²) in [6.07, 6.45) is 4.39. The second-order valence-corrected chi connectivity index (χ2v) is 6.57. The summed E-state index contributed by atoms with van der Waals surface area (Å²) in [6.45, 7) is 7.91. The fourth-order valence-electron chi connectivity index (χ4n) is 2.94. The van der Waals surface area contributed by atoms with Gasteiger partial charge in [0.25, 0.3) is 0 Å². The van der Waals surface area contributed by atoms with Crippen LogP contribution >= 0.6 is 0 Å². The summed E-state index contributed by atoms with van der Waals surface area (Å²) >= 11 is 0. The van der Waals surface area contributed by atoms with E-state index in [0.29, 0.717) is 18.5 Å². The van der Waals surface area contributed by atoms with E-state index in [2.05, 4.69) is 40.9 Å². The number of fused-ring (bicyclic) bond motifs is 1. The molecule has 6 nitrogen and oxygen atoms in total. The summed E-state index contributed by atoms with van der Waals surface area (Å²) in [5.74, 6) is 2.39. The molecule has 21 heavy (non-hydrogen) atoms. The Morgan fingerprint density at radius 2 is 2.14 bits per heavy atom. The first kappa shape index (κ1) is 14.4. The maximum absolute atomic E-state index is 12.5. The Morgan fingerprint density at radius 1 is 1.38 bits per heavy atom. The van der Waals surface area contributed by atoms with Gasteiger partial charge in [0.05, 0.1) is 6.54 Å². The molecule has 1 atom stereocenters. The van der Waals surface area contributed by atoms with Crippen molar-refractivity contribution in [2.45, 2.75) is 71.6 Å². The van der Waals surface area contributed by atoms with Crippen LogP contribution in [0, 0.1) is 5.92 Å². The maximum atomic E-state index is 12.5. The van der Waals surface area contributed by atoms with E-state index in [4.69, 9.17) is 0 Å². The van der Waals surface area contributed by atoms with Crippen molar-refractivity contribution in [3.05, 3.63) is 11.6 Å². The van der Waals surface area contributed by atoms with Crippen molar-refractivity contribution < 1.29 is 4.79 Å². The number of carbonyl (C=O) groups is 1. The molecule has 0 radical (unpaired) electrons. The zero-order valence-electron chi connectivity index (χ0n) is 13.2. The summed E-state index contributed by atoms with van der Waals surface area (Å²) in [4.78, 5) is 14.5. The van der Waals surface area contributed by atoms with Crippen molar-refractivity contribution in [1.82, 2.24) is 25.0 Å². The molecule has 2 aliphatic rings. The first-order valence-corrected chi connectivity index (χ1v) is 8.05. The standard InChI is InChI=1S/C15H25N5O/c1-10(2)11(3)20(12-6-7-12)15(21)16-9-14-18-17-13-5-4-8-19(13)14/h10-12H,4-9H2,1-3H3,(H,16,21). The molecular formula is C15H25N5O. The van der Waals surface area contributed by atoms with Gasteiger partial charge in [-0.3, -0.25) is 0 Å². The number of hydrogen-bond acceptors (Lipinski definition) is 3. The van der Waals surface area contributed by atoms with E-state index in [9.17, 15) is 4.79 Å². The van der Waals surface area contributed by atoms with Gasteiger partial charge in [-0.05, 0) is 32.1 Å². The van der Waals surface area contributed by atoms with Crippen LogP contribution in [0.15, 0.2) is 0 Å². The zero-order chi connectivity index (χ0) is 15.0. The number of urea groups is 1. The molecule has 0 saturated heterocycles. The molecule has 3 rings (SSSR count). The van der Waals surface area contributed by atoms with Crippen LogP contribution in [0.3, 0.4) is 0 Å². The second-order valence-electron chi connectivity index (χ2n) is 6.57. The molecule has 1 aliphatic carbocycles. The molecule has 0 spiro atoms. The first-order chi connectivity index (χ1) is 10.1. The highest BCUT2D eigenvalue weighted by atomic mass is 16.2. The lowest BCUT2D eigenvalue weighted by atomic mass is 10.0. The number of carbonyl (C=O) groups excluding carboxylic acids is 1. The molecule has 1 N–H and O–H groups in total. The number of nitrogens with zero attached hydrogens (tertiary/aromatic N) is 4. The largest absolute Gasteiger partial charge is 0.331 e. The maximum Gasteiger partial charge on any atom is 0.318 e. The summed E-state index contributed by atoms with van der Waals surface area (Å²) in [5.41, 5.74) is 0. The SMILES string of the molecule is CC(C)C(C)N(C(=O)NCc1nnc2n1CCC2)C1CC1. The number of nitrogens with one attached hydrogen (secondary N) is 1. The third-order valence-electron chi connectivity index (χ3n) is 4.66. The normalized spacial score (nSPS) is 18.7. The molecule has 1 aliphatic heterocycles. The summed E-state index contributed by atoms with van der Waals surface area (Å²) in [6, 6.07) is 0.724. The second kappa shape index (κ2) is 5.66. The Labute approximate surface area is 125 Å². The van der Waals surface area contributed by atoms with Gasteiger partial charge in [0.2, 0.25) is 0 Å². The Hall–Kier alpha value is -1.59. The van der Waals surface area contributed by atoms with Gasteiger partial charge in [-0.25, -0.2) is 4.79 Å². The van der Waals surface area contributed by atoms with Gasteiger partial charge >= 0.3 is 6.03 Å². The van der Waals surface area contributed by atoms with Gasteiger partial charge in [-0.1, -0.05) is 13.8 Å². The predicted molar refractivity (Wildman–Crippen MR) is 79.7 cm³/mol. The van der Waals surface area contributed by atoms with Gasteiger partial charge in [-0.15, -0.1) is 10.2 Å². The average Bonchev–Trinajstić information content (AvgIpc) is 3.02. The summed E-state index contributed by atoms with van der Waals surface area (Å²) in [7, 11) is 0. The monoisotopic (exact) mass is 291 g/mol. The number of hydrogen-bond donors (Lipinski definition) is 1. The minimum absolute atomic E-state index is 0.0362. The van der Waals surface area contributed by atoms with Gasteiger partial charge in [0.1, 0.15) is 5.82 Å². The zero-order valence-corrected chi connectivity index (χ0v) is 13.2. The molecule has 6 heteroatoms. The van der Waals surface area contributed by atoms with Crippen molar-refractivity contribution in [3.63, 3.8) is 0 Å². The van der Waals surface area contributed by atoms with Gasteiger partial charge in [-0.2, -0.15) is 0 Å². The van der Waals surface area contributed by atoms with E-state index in [0.717, 1.165) is 43.9 Å². The van der Waals surface area contributed by atoms with Crippen molar-refractivity contribution in [2.75, 3.05) is 0 Å². The highest BCUT2D eigenvalue weighted by Crippen LogP contribution is 2.30. The molecule has 2 amide bonds. The number of amides is 2. The van der Waals surface area contributed by atoms with E-state index in [1.165, 1.54) is 0 Å². The van der Waals surface area contributed by atoms with Crippen LogP contribution in [0.25, 0.3) is 0 Å². The van der Waals surface area contributed by atoms with Gasteiger partial charge in [0.15, 0.2) is 5.82 Å². The molecule has 0 aromatic carbocycles. The molecule has 1 aromatic rings. The lowest BCUT2D eigenvalue weighted by molar-refractivity contribution is 0.156. The number of aryl methyl sites for hydroxylation is 1. The number of rotatable bonds is 5. The Bertz CT molecular complexity index is 520. The van der Waals surface area contributed by atoms with Crippen LogP contribution in [0.4, 0.5) is 4.79 Å². The highest BCUT2D eigenvalue weighted by Gasteiger charge is 2.36. The van der Waals surface area contributed by atoms with Crippen molar-refractivity contribution >= 4 is 6.03 Å². The quantitative estimate of drug-likeness (QED) is 0.902. The Morgan fingerprint density at radius 3 is 2.81 bits per heavy atom. The molecule has 1 fully saturated rings. The van der Waals surface area contributed by atoms with Crippen LogP contribution in [-0.4, -0.2) is 37.8 Å². The van der Waals surface area contributed by atoms with E-state index >= 15 is 0 Å². The molecule has 1 saturated carbocycles. The third kappa shape index (κ3) is 2.89. The minimum atomic E-state index is 0.0362. The van der Waals surface area contributed by atoms with E-state index in [-0.39, 0.29) is 12.1 Å². The highest BCUT2D eigenvalue weighted by molar-refractivity contribution is 5.75. The molecule has 1 unspecified atom stereocenters. The fraction of sp³-hybridized carbons (Fsp3) is 0.800. The Balaban J connectivity index is 1.62. The summed E-state index contributed by atoms with van der Waals surface area (Å²) < 4.78 is 2.13. The van der Waals surface area contributed by atoms with Crippen LogP contribution in [-0.2, 0) is 19.5 Å². The van der Waals surface area contributed by atoms with Crippen LogP contribution in [0.2, 0.25) is 0 Å². The van der Waals surface area contributed by atoms with Gasteiger partial charge < -0.3 is 14.8 Å². The van der Waals surface area contributed by atoms with Crippen LogP contribution < -0.4 is 5.32 Å². The van der Waals surface area contributed by atoms with Crippen molar-refractivity contribution in [1.29, 1.82) is 0 Å².